The summed E-state index contributed by atoms with van der Waals surface area (Å²) >= 11 is 0. The minimum Gasteiger partial charge on any atom is -0.491 e. The first-order valence-corrected chi connectivity index (χ1v) is 10.2. The van der Waals surface area contributed by atoms with Crippen LogP contribution in [0.15, 0.2) is 30.6 Å². The number of halogens is 1. The molecule has 0 saturated carbocycles. The maximum atomic E-state index is 13.6. The number of aromatic nitrogens is 4. The highest BCUT2D eigenvalue weighted by Gasteiger charge is 2.19. The molecule has 4 aromatic rings. The van der Waals surface area contributed by atoms with Crippen molar-refractivity contribution in [3.05, 3.63) is 36.4 Å². The number of aromatic amines is 1. The van der Waals surface area contributed by atoms with Gasteiger partial charge in [-0.05, 0) is 12.1 Å². The van der Waals surface area contributed by atoms with E-state index in [4.69, 9.17) is 19.2 Å². The van der Waals surface area contributed by atoms with Crippen LogP contribution in [0.2, 0.25) is 0 Å². The molecule has 8 nitrogen and oxygen atoms in total. The highest BCUT2D eigenvalue weighted by molar-refractivity contribution is 5.96. The fraction of sp³-hybridized carbons (Fsp3) is 0.364. The molecule has 5 heterocycles. The van der Waals surface area contributed by atoms with Crippen molar-refractivity contribution < 1.29 is 18.6 Å². The van der Waals surface area contributed by atoms with Gasteiger partial charge in [0.25, 0.3) is 5.88 Å². The number of nitrogens with zero attached hydrogens (tertiary/aromatic N) is 4. The van der Waals surface area contributed by atoms with E-state index in [9.17, 15) is 4.39 Å². The van der Waals surface area contributed by atoms with Crippen LogP contribution in [0.3, 0.4) is 0 Å². The SMILES string of the molecule is COc1cc2c(nc1OC)c(-c1cc3cc(F)cnc3[nH]1)cn2CCN1CCOCC1. The number of rotatable bonds is 6. The van der Waals surface area contributed by atoms with Crippen molar-refractivity contribution in [3.63, 3.8) is 0 Å². The van der Waals surface area contributed by atoms with Crippen LogP contribution in [0.1, 0.15) is 0 Å². The second-order valence-electron chi connectivity index (χ2n) is 7.53. The van der Waals surface area contributed by atoms with Crippen LogP contribution < -0.4 is 9.47 Å². The molecular weight excluding hydrogens is 401 g/mol. The first kappa shape index (κ1) is 19.8. The van der Waals surface area contributed by atoms with E-state index in [2.05, 4.69) is 25.6 Å². The van der Waals surface area contributed by atoms with Crippen molar-refractivity contribution in [2.45, 2.75) is 6.54 Å². The molecule has 0 aliphatic carbocycles. The molecule has 0 unspecified atom stereocenters. The summed E-state index contributed by atoms with van der Waals surface area (Å²) in [4.78, 5) is 14.6. The van der Waals surface area contributed by atoms with E-state index in [1.165, 1.54) is 12.3 Å². The topological polar surface area (TPSA) is 77.4 Å². The molecular formula is C22H24FN5O3. The Morgan fingerprint density at radius 3 is 2.74 bits per heavy atom. The summed E-state index contributed by atoms with van der Waals surface area (Å²) in [5.74, 6) is 0.630. The highest BCUT2D eigenvalue weighted by Crippen LogP contribution is 2.36. The summed E-state index contributed by atoms with van der Waals surface area (Å²) in [6.07, 6.45) is 3.28. The van der Waals surface area contributed by atoms with Gasteiger partial charge in [0.1, 0.15) is 17.0 Å². The lowest BCUT2D eigenvalue weighted by molar-refractivity contribution is 0.0365. The standard InChI is InChI=1S/C22H24FN5O3/c1-29-19-11-18-20(26-22(19)30-2)16(13-28(18)4-3-27-5-7-31-8-6-27)17-10-14-9-15(23)12-24-21(14)25-17/h9-13H,3-8H2,1-2H3,(H,24,25). The predicted octanol–water partition coefficient (Wildman–Crippen LogP) is 3.07. The van der Waals surface area contributed by atoms with Crippen molar-refractivity contribution in [2.24, 2.45) is 0 Å². The predicted molar refractivity (Wildman–Crippen MR) is 115 cm³/mol. The Bertz CT molecular complexity index is 1230. The van der Waals surface area contributed by atoms with Gasteiger partial charge in [0.05, 0.1) is 44.8 Å². The van der Waals surface area contributed by atoms with Gasteiger partial charge in [0, 0.05) is 49.4 Å². The first-order chi connectivity index (χ1) is 15.2. The van der Waals surface area contributed by atoms with E-state index in [0.29, 0.717) is 22.7 Å². The van der Waals surface area contributed by atoms with Crippen LogP contribution in [0.5, 0.6) is 11.6 Å². The van der Waals surface area contributed by atoms with E-state index >= 15 is 0 Å². The molecule has 162 valence electrons. The molecule has 0 radical (unpaired) electrons. The Balaban J connectivity index is 1.60. The summed E-state index contributed by atoms with van der Waals surface area (Å²) in [6, 6.07) is 5.31. The lowest BCUT2D eigenvalue weighted by Crippen LogP contribution is -2.38. The normalized spacial score (nSPS) is 15.1. The maximum Gasteiger partial charge on any atom is 0.257 e. The fourth-order valence-electron chi connectivity index (χ4n) is 4.05. The Morgan fingerprint density at radius 1 is 1.13 bits per heavy atom. The molecule has 1 aliphatic heterocycles. The van der Waals surface area contributed by atoms with Crippen LogP contribution in [0.4, 0.5) is 4.39 Å². The average Bonchev–Trinajstić information content (AvgIpc) is 3.37. The summed E-state index contributed by atoms with van der Waals surface area (Å²) < 4.78 is 32.2. The number of morpholine rings is 1. The monoisotopic (exact) mass is 425 g/mol. The Hall–Kier alpha value is -3.17. The molecule has 1 fully saturated rings. The molecule has 0 bridgehead atoms. The van der Waals surface area contributed by atoms with Crippen molar-refractivity contribution in [3.8, 4) is 22.9 Å². The summed E-state index contributed by atoms with van der Waals surface area (Å²) in [5.41, 5.74) is 4.08. The molecule has 0 amide bonds. The van der Waals surface area contributed by atoms with Gasteiger partial charge in [-0.25, -0.2) is 14.4 Å². The van der Waals surface area contributed by atoms with E-state index < -0.39 is 0 Å². The van der Waals surface area contributed by atoms with E-state index in [1.807, 2.05) is 12.1 Å². The molecule has 1 N–H and O–H groups in total. The minimum absolute atomic E-state index is 0.365. The third-order valence-electron chi connectivity index (χ3n) is 5.69. The molecule has 0 aromatic carbocycles. The third-order valence-corrected chi connectivity index (χ3v) is 5.69. The molecule has 9 heteroatoms. The number of hydrogen-bond donors (Lipinski definition) is 1. The quantitative estimate of drug-likeness (QED) is 0.512. The van der Waals surface area contributed by atoms with Crippen LogP contribution in [0, 0.1) is 5.82 Å². The molecule has 1 aliphatic rings. The van der Waals surface area contributed by atoms with Crippen molar-refractivity contribution in [2.75, 3.05) is 47.1 Å². The van der Waals surface area contributed by atoms with Gasteiger partial charge in [-0.2, -0.15) is 0 Å². The third kappa shape index (κ3) is 3.70. The molecule has 31 heavy (non-hydrogen) atoms. The Kier molecular flexibility index (Phi) is 5.21. The van der Waals surface area contributed by atoms with Gasteiger partial charge in [-0.15, -0.1) is 0 Å². The van der Waals surface area contributed by atoms with Gasteiger partial charge in [-0.3, -0.25) is 4.90 Å². The zero-order valence-corrected chi connectivity index (χ0v) is 17.5. The van der Waals surface area contributed by atoms with E-state index in [-0.39, 0.29) is 5.82 Å². The summed E-state index contributed by atoms with van der Waals surface area (Å²) in [5, 5.41) is 0.713. The molecule has 5 rings (SSSR count). The minimum atomic E-state index is -0.365. The Morgan fingerprint density at radius 2 is 1.97 bits per heavy atom. The number of fused-ring (bicyclic) bond motifs is 2. The number of pyridine rings is 2. The smallest absolute Gasteiger partial charge is 0.257 e. The molecule has 0 atom stereocenters. The maximum absolute atomic E-state index is 13.6. The summed E-state index contributed by atoms with van der Waals surface area (Å²) in [7, 11) is 3.17. The van der Waals surface area contributed by atoms with Crippen LogP contribution in [-0.2, 0) is 11.3 Å². The number of nitrogens with one attached hydrogen (secondary N) is 1. The number of hydrogen-bond acceptors (Lipinski definition) is 6. The molecule has 0 spiro atoms. The van der Waals surface area contributed by atoms with Crippen molar-refractivity contribution in [1.29, 1.82) is 0 Å². The number of methoxy groups -OCH3 is 2. The second-order valence-corrected chi connectivity index (χ2v) is 7.53. The van der Waals surface area contributed by atoms with Crippen LogP contribution in [-0.4, -0.2) is 71.5 Å². The lowest BCUT2D eigenvalue weighted by atomic mass is 10.2. The van der Waals surface area contributed by atoms with Gasteiger partial charge in [0.15, 0.2) is 5.75 Å². The largest absolute Gasteiger partial charge is 0.491 e. The zero-order valence-electron chi connectivity index (χ0n) is 17.5. The first-order valence-electron chi connectivity index (χ1n) is 10.2. The number of ether oxygens (including phenoxy) is 3. The lowest BCUT2D eigenvalue weighted by Gasteiger charge is -2.26. The summed E-state index contributed by atoms with van der Waals surface area (Å²) in [6.45, 7) is 5.09. The van der Waals surface area contributed by atoms with E-state index in [0.717, 1.165) is 61.7 Å². The van der Waals surface area contributed by atoms with Crippen molar-refractivity contribution in [1.82, 2.24) is 24.4 Å². The average molecular weight is 425 g/mol. The van der Waals surface area contributed by atoms with E-state index in [1.54, 1.807) is 14.2 Å². The number of H-pyrrole nitrogens is 1. The Labute approximate surface area is 178 Å². The highest BCUT2D eigenvalue weighted by atomic mass is 19.1. The van der Waals surface area contributed by atoms with Gasteiger partial charge in [0.2, 0.25) is 0 Å². The van der Waals surface area contributed by atoms with Gasteiger partial charge >= 0.3 is 0 Å². The van der Waals surface area contributed by atoms with Crippen LogP contribution >= 0.6 is 0 Å². The van der Waals surface area contributed by atoms with Gasteiger partial charge in [-0.1, -0.05) is 0 Å². The van der Waals surface area contributed by atoms with Gasteiger partial charge < -0.3 is 23.8 Å². The van der Waals surface area contributed by atoms with Crippen molar-refractivity contribution >= 4 is 22.1 Å². The van der Waals surface area contributed by atoms with Crippen LogP contribution in [0.25, 0.3) is 33.3 Å². The molecule has 1 saturated heterocycles. The fourth-order valence-corrected chi connectivity index (χ4v) is 4.05. The zero-order chi connectivity index (χ0) is 21.4. The molecule has 4 aromatic heterocycles. The second kappa shape index (κ2) is 8.16.